The van der Waals surface area contributed by atoms with Crippen LogP contribution in [0.15, 0.2) is 0 Å². The fourth-order valence-electron chi connectivity index (χ4n) is 6.49. The molecule has 0 aromatic carbocycles. The molecule has 22 heavy (non-hydrogen) atoms. The smallest absolute Gasteiger partial charge is 0.165 e. The van der Waals surface area contributed by atoms with E-state index < -0.39 is 12.2 Å². The van der Waals surface area contributed by atoms with E-state index in [1.54, 1.807) is 0 Å². The van der Waals surface area contributed by atoms with Crippen molar-refractivity contribution in [3.63, 3.8) is 0 Å². The minimum atomic E-state index is -0.863. The molecule has 0 spiro atoms. The first-order valence-electron chi connectivity index (χ1n) is 8.48. The maximum Gasteiger partial charge on any atom is 0.165 e. The van der Waals surface area contributed by atoms with E-state index in [-0.39, 0.29) is 59.2 Å². The van der Waals surface area contributed by atoms with Gasteiger partial charge in [0.2, 0.25) is 0 Å². The molecule has 2 heterocycles. The van der Waals surface area contributed by atoms with Crippen LogP contribution in [0, 0.1) is 35.5 Å². The molecule has 2 saturated heterocycles. The van der Waals surface area contributed by atoms with Crippen LogP contribution in [-0.2, 0) is 9.59 Å². The van der Waals surface area contributed by atoms with Crippen LogP contribution in [-0.4, -0.2) is 59.2 Å². The van der Waals surface area contributed by atoms with E-state index in [0.29, 0.717) is 12.8 Å². The van der Waals surface area contributed by atoms with Gasteiger partial charge in [-0.25, -0.2) is 0 Å². The molecular weight excluding hydrogens is 284 g/mol. The van der Waals surface area contributed by atoms with Gasteiger partial charge in [-0.2, -0.15) is 0 Å². The summed E-state index contributed by atoms with van der Waals surface area (Å²) in [4.78, 5) is 25.3. The Morgan fingerprint density at radius 1 is 0.773 bits per heavy atom. The average molecular weight is 306 g/mol. The van der Waals surface area contributed by atoms with E-state index in [9.17, 15) is 19.8 Å². The Bertz CT molecular complexity index is 504. The lowest BCUT2D eigenvalue weighted by Crippen LogP contribution is -2.61. The highest BCUT2D eigenvalue weighted by Crippen LogP contribution is 2.57. The summed E-state index contributed by atoms with van der Waals surface area (Å²) in [6, 6.07) is 0.268. The van der Waals surface area contributed by atoms with Crippen molar-refractivity contribution in [2.24, 2.45) is 35.5 Å². The Hall–Kier alpha value is -0.820. The second-order valence-electron chi connectivity index (χ2n) is 7.87. The third-order valence-electron chi connectivity index (χ3n) is 7.17. The monoisotopic (exact) mass is 306 g/mol. The third kappa shape index (κ3) is 1.49. The van der Waals surface area contributed by atoms with E-state index in [1.807, 2.05) is 0 Å². The van der Waals surface area contributed by atoms with Crippen molar-refractivity contribution in [2.45, 2.75) is 37.1 Å². The number of carbonyl (C=O) groups is 2. The van der Waals surface area contributed by atoms with Crippen molar-refractivity contribution in [1.82, 2.24) is 10.6 Å². The first kappa shape index (κ1) is 13.6. The van der Waals surface area contributed by atoms with Crippen molar-refractivity contribution >= 4 is 11.6 Å². The van der Waals surface area contributed by atoms with E-state index in [2.05, 4.69) is 10.6 Å². The van der Waals surface area contributed by atoms with Crippen LogP contribution < -0.4 is 10.6 Å². The van der Waals surface area contributed by atoms with Gasteiger partial charge in [0.1, 0.15) is 12.2 Å². The SMILES string of the molecule is O=C1C(O)CC2NCC3C4C(=O)C(O)CC5NCC(C1C23)C54. The Morgan fingerprint density at radius 2 is 1.18 bits per heavy atom. The standard InChI is InChI=1S/C16H22N2O4/c19-9-1-7-11-5(3-17-7)14-12-6(13(11)15(9)21)4-18-8(12)2-10(20)16(14)22/h5-14,17-20H,1-4H2. The predicted octanol–water partition coefficient (Wildman–Crippen LogP) is -1.69. The number of hydrogen-bond donors (Lipinski definition) is 4. The highest BCUT2D eigenvalue weighted by atomic mass is 16.3. The summed E-state index contributed by atoms with van der Waals surface area (Å²) in [7, 11) is 0. The number of aliphatic hydroxyl groups excluding tert-OH is 2. The normalized spacial score (nSPS) is 59.4. The van der Waals surface area contributed by atoms with Gasteiger partial charge in [0.05, 0.1) is 0 Å². The van der Waals surface area contributed by atoms with E-state index in [4.69, 9.17) is 0 Å². The van der Waals surface area contributed by atoms with Crippen LogP contribution in [0.1, 0.15) is 12.8 Å². The molecule has 0 bridgehead atoms. The number of rotatable bonds is 0. The molecule has 120 valence electrons. The molecule has 0 aromatic rings. The second kappa shape index (κ2) is 4.38. The minimum absolute atomic E-state index is 0.0144. The molecule has 10 unspecified atom stereocenters. The molecule has 0 amide bonds. The van der Waals surface area contributed by atoms with Crippen LogP contribution >= 0.6 is 0 Å². The van der Waals surface area contributed by atoms with Gasteiger partial charge in [-0.05, 0) is 49.6 Å². The maximum absolute atomic E-state index is 12.6. The topological polar surface area (TPSA) is 98.7 Å². The van der Waals surface area contributed by atoms with Gasteiger partial charge in [-0.3, -0.25) is 9.59 Å². The van der Waals surface area contributed by atoms with Crippen molar-refractivity contribution < 1.29 is 19.8 Å². The largest absolute Gasteiger partial charge is 0.385 e. The Morgan fingerprint density at radius 3 is 1.59 bits per heavy atom. The summed E-state index contributed by atoms with van der Waals surface area (Å²) in [5.41, 5.74) is 0. The Labute approximate surface area is 128 Å². The molecule has 5 fully saturated rings. The lowest BCUT2D eigenvalue weighted by Gasteiger charge is -2.52. The molecule has 0 radical (unpaired) electrons. The van der Waals surface area contributed by atoms with Crippen LogP contribution in [0.3, 0.4) is 0 Å². The van der Waals surface area contributed by atoms with Crippen molar-refractivity contribution in [3.8, 4) is 0 Å². The van der Waals surface area contributed by atoms with Gasteiger partial charge in [-0.15, -0.1) is 0 Å². The molecule has 0 aromatic heterocycles. The van der Waals surface area contributed by atoms with Gasteiger partial charge in [0, 0.05) is 23.9 Å². The van der Waals surface area contributed by atoms with Gasteiger partial charge >= 0.3 is 0 Å². The lowest BCUT2D eigenvalue weighted by atomic mass is 9.50. The van der Waals surface area contributed by atoms with Crippen LogP contribution in [0.2, 0.25) is 0 Å². The zero-order valence-electron chi connectivity index (χ0n) is 12.3. The molecule has 3 aliphatic carbocycles. The number of Topliss-reactive ketones (excluding diaryl/α,β-unsaturated/α-hetero) is 2. The quantitative estimate of drug-likeness (QED) is 0.426. The molecule has 2 aliphatic heterocycles. The Kier molecular flexibility index (Phi) is 2.71. The van der Waals surface area contributed by atoms with Gasteiger partial charge < -0.3 is 20.8 Å². The van der Waals surface area contributed by atoms with Gasteiger partial charge in [-0.1, -0.05) is 0 Å². The van der Waals surface area contributed by atoms with E-state index in [1.165, 1.54) is 0 Å². The van der Waals surface area contributed by atoms with Gasteiger partial charge in [0.15, 0.2) is 11.6 Å². The maximum atomic E-state index is 12.6. The molecule has 10 atom stereocenters. The summed E-state index contributed by atoms with van der Waals surface area (Å²) in [5, 5.41) is 27.2. The summed E-state index contributed by atoms with van der Waals surface area (Å²) in [5.74, 6) is 0.286. The fourth-order valence-corrected chi connectivity index (χ4v) is 6.49. The molecular formula is C16H22N2O4. The van der Waals surface area contributed by atoms with Crippen molar-refractivity contribution in [2.75, 3.05) is 13.1 Å². The predicted molar refractivity (Wildman–Crippen MR) is 75.8 cm³/mol. The number of aliphatic hydroxyl groups is 2. The zero-order valence-corrected chi connectivity index (χ0v) is 12.3. The third-order valence-corrected chi connectivity index (χ3v) is 7.17. The molecule has 4 N–H and O–H groups in total. The first-order chi connectivity index (χ1) is 10.6. The minimum Gasteiger partial charge on any atom is -0.385 e. The average Bonchev–Trinajstić information content (AvgIpc) is 3.08. The van der Waals surface area contributed by atoms with Crippen molar-refractivity contribution in [1.29, 1.82) is 0 Å². The summed E-state index contributed by atoms with van der Waals surface area (Å²) < 4.78 is 0. The molecule has 5 rings (SSSR count). The zero-order chi connectivity index (χ0) is 15.2. The second-order valence-corrected chi connectivity index (χ2v) is 7.87. The molecule has 5 aliphatic rings. The first-order valence-corrected chi connectivity index (χ1v) is 8.48. The van der Waals surface area contributed by atoms with Crippen LogP contribution in [0.4, 0.5) is 0 Å². The van der Waals surface area contributed by atoms with E-state index >= 15 is 0 Å². The highest BCUT2D eigenvalue weighted by molar-refractivity contribution is 5.90. The summed E-state index contributed by atoms with van der Waals surface area (Å²) in [6.45, 7) is 1.45. The molecule has 3 saturated carbocycles. The Balaban J connectivity index is 1.61. The van der Waals surface area contributed by atoms with Crippen LogP contribution in [0.25, 0.3) is 0 Å². The number of nitrogens with one attached hydrogen (secondary N) is 2. The lowest BCUT2D eigenvalue weighted by molar-refractivity contribution is -0.157. The molecule has 6 heteroatoms. The summed E-state index contributed by atoms with van der Waals surface area (Å²) in [6.07, 6.45) is -0.793. The van der Waals surface area contributed by atoms with Crippen molar-refractivity contribution in [3.05, 3.63) is 0 Å². The number of hydrogen-bond acceptors (Lipinski definition) is 6. The fraction of sp³-hybridized carbons (Fsp3) is 0.875. The number of ketones is 2. The van der Waals surface area contributed by atoms with Crippen LogP contribution in [0.5, 0.6) is 0 Å². The van der Waals surface area contributed by atoms with Gasteiger partial charge in [0.25, 0.3) is 0 Å². The number of fused-ring (bicyclic) bond motifs is 2. The highest BCUT2D eigenvalue weighted by Gasteiger charge is 2.66. The number of carbonyl (C=O) groups excluding carboxylic acids is 2. The van der Waals surface area contributed by atoms with E-state index in [0.717, 1.165) is 13.1 Å². The summed E-state index contributed by atoms with van der Waals surface area (Å²) >= 11 is 0. The molecule has 6 nitrogen and oxygen atoms in total.